The highest BCUT2D eigenvalue weighted by Crippen LogP contribution is 2.19. The molecule has 0 saturated carbocycles. The number of hydrogen-bond acceptors (Lipinski definition) is 3. The summed E-state index contributed by atoms with van der Waals surface area (Å²) < 4.78 is 13.6. The maximum Gasteiger partial charge on any atom is 0.264 e. The van der Waals surface area contributed by atoms with Crippen LogP contribution in [-0.4, -0.2) is 23.3 Å². The molecule has 0 saturated heterocycles. The van der Waals surface area contributed by atoms with Crippen LogP contribution in [0, 0.1) is 5.82 Å². The summed E-state index contributed by atoms with van der Waals surface area (Å²) in [6.45, 7) is 5.66. The molecule has 1 heterocycles. The predicted octanol–water partition coefficient (Wildman–Crippen LogP) is 2.23. The van der Waals surface area contributed by atoms with E-state index in [0.29, 0.717) is 11.3 Å². The first kappa shape index (κ1) is 13.5. The molecule has 0 radical (unpaired) electrons. The molecule has 4 nitrogen and oxygen atoms in total. The quantitative estimate of drug-likeness (QED) is 0.890. The molecule has 1 amide bonds. The Balaban J connectivity index is 2.04. The second-order valence-electron chi connectivity index (χ2n) is 5.56. The van der Waals surface area contributed by atoms with Crippen molar-refractivity contribution in [2.75, 3.05) is 0 Å². The van der Waals surface area contributed by atoms with Gasteiger partial charge in [-0.25, -0.2) is 4.39 Å². The molecule has 5 heteroatoms. The van der Waals surface area contributed by atoms with Gasteiger partial charge < -0.3 is 10.2 Å². The summed E-state index contributed by atoms with van der Waals surface area (Å²) in [5.41, 5.74) is 0.516. The van der Waals surface area contributed by atoms with Gasteiger partial charge in [0.25, 0.3) is 5.91 Å². The minimum absolute atomic E-state index is 0.234. The van der Waals surface area contributed by atoms with Gasteiger partial charge in [-0.2, -0.15) is 0 Å². The van der Waals surface area contributed by atoms with Gasteiger partial charge in [0, 0.05) is 17.5 Å². The van der Waals surface area contributed by atoms with E-state index in [2.05, 4.69) is 10.5 Å². The first-order valence-corrected chi connectivity index (χ1v) is 6.16. The largest absolute Gasteiger partial charge is 0.382 e. The van der Waals surface area contributed by atoms with Crippen molar-refractivity contribution in [2.45, 2.75) is 38.8 Å². The van der Waals surface area contributed by atoms with E-state index in [-0.39, 0.29) is 23.7 Å². The standard InChI is InChI=1S/C14H17FN2O2/c1-14(2,3)16-13(18)12-8-11(17-19-12)9-6-4-5-7-10(9)15/h4-7,12H,8H2,1-3H3,(H,16,18). The van der Waals surface area contributed by atoms with E-state index in [4.69, 9.17) is 4.84 Å². The highest BCUT2D eigenvalue weighted by molar-refractivity contribution is 6.04. The van der Waals surface area contributed by atoms with Crippen molar-refractivity contribution in [1.82, 2.24) is 5.32 Å². The molecule has 2 rings (SSSR count). The van der Waals surface area contributed by atoms with Crippen molar-refractivity contribution in [3.63, 3.8) is 0 Å². The minimum Gasteiger partial charge on any atom is -0.382 e. The lowest BCUT2D eigenvalue weighted by Crippen LogP contribution is -2.45. The number of nitrogens with zero attached hydrogens (tertiary/aromatic N) is 1. The minimum atomic E-state index is -0.686. The van der Waals surface area contributed by atoms with Crippen molar-refractivity contribution in [3.8, 4) is 0 Å². The van der Waals surface area contributed by atoms with Crippen molar-refractivity contribution in [3.05, 3.63) is 35.6 Å². The maximum atomic E-state index is 13.6. The van der Waals surface area contributed by atoms with E-state index in [0.717, 1.165) is 0 Å². The van der Waals surface area contributed by atoms with Gasteiger partial charge >= 0.3 is 0 Å². The number of hydrogen-bond donors (Lipinski definition) is 1. The third-order valence-electron chi connectivity index (χ3n) is 2.64. The van der Waals surface area contributed by atoms with Crippen LogP contribution < -0.4 is 5.32 Å². The van der Waals surface area contributed by atoms with Gasteiger partial charge in [0.2, 0.25) is 6.10 Å². The molecule has 102 valence electrons. The second kappa shape index (κ2) is 4.99. The SMILES string of the molecule is CC(C)(C)NC(=O)C1CC(c2ccccc2F)=NO1. The number of benzene rings is 1. The molecular formula is C14H17FN2O2. The maximum absolute atomic E-state index is 13.6. The summed E-state index contributed by atoms with van der Waals surface area (Å²) in [6, 6.07) is 6.32. The number of oxime groups is 1. The predicted molar refractivity (Wildman–Crippen MR) is 70.3 cm³/mol. The fourth-order valence-corrected chi connectivity index (χ4v) is 1.82. The molecule has 19 heavy (non-hydrogen) atoms. The normalized spacial score (nSPS) is 18.7. The monoisotopic (exact) mass is 264 g/mol. The Labute approximate surface area is 111 Å². The van der Waals surface area contributed by atoms with Crippen LogP contribution in [0.5, 0.6) is 0 Å². The van der Waals surface area contributed by atoms with Crippen LogP contribution in [0.15, 0.2) is 29.4 Å². The van der Waals surface area contributed by atoms with Crippen LogP contribution in [0.3, 0.4) is 0 Å². The first-order chi connectivity index (χ1) is 8.87. The highest BCUT2D eigenvalue weighted by atomic mass is 19.1. The molecule has 1 aliphatic heterocycles. The number of amides is 1. The zero-order valence-electron chi connectivity index (χ0n) is 11.2. The number of nitrogens with one attached hydrogen (secondary N) is 1. The van der Waals surface area contributed by atoms with E-state index < -0.39 is 6.10 Å². The van der Waals surface area contributed by atoms with Crippen molar-refractivity contribution < 1.29 is 14.0 Å². The summed E-state index contributed by atoms with van der Waals surface area (Å²) >= 11 is 0. The Morgan fingerprint density at radius 3 is 2.74 bits per heavy atom. The van der Waals surface area contributed by atoms with Gasteiger partial charge in [0.15, 0.2) is 0 Å². The Morgan fingerprint density at radius 2 is 2.11 bits per heavy atom. The third kappa shape index (κ3) is 3.30. The molecule has 1 N–H and O–H groups in total. The fraction of sp³-hybridized carbons (Fsp3) is 0.429. The highest BCUT2D eigenvalue weighted by Gasteiger charge is 2.31. The average Bonchev–Trinajstić information content (AvgIpc) is 2.76. The fourth-order valence-electron chi connectivity index (χ4n) is 1.82. The summed E-state index contributed by atoms with van der Waals surface area (Å²) in [7, 11) is 0. The van der Waals surface area contributed by atoms with E-state index in [9.17, 15) is 9.18 Å². The summed E-state index contributed by atoms with van der Waals surface area (Å²) in [5.74, 6) is -0.593. The first-order valence-electron chi connectivity index (χ1n) is 6.16. The Morgan fingerprint density at radius 1 is 1.42 bits per heavy atom. The van der Waals surface area contributed by atoms with E-state index in [1.165, 1.54) is 6.07 Å². The molecule has 0 aromatic heterocycles. The summed E-state index contributed by atoms with van der Waals surface area (Å²) in [6.07, 6.45) is -0.406. The van der Waals surface area contributed by atoms with Crippen molar-refractivity contribution in [2.24, 2.45) is 5.16 Å². The van der Waals surface area contributed by atoms with Crippen LogP contribution in [0.2, 0.25) is 0 Å². The van der Waals surface area contributed by atoms with Crippen LogP contribution in [0.4, 0.5) is 4.39 Å². The summed E-state index contributed by atoms with van der Waals surface area (Å²) in [5, 5.41) is 6.63. The number of rotatable bonds is 2. The van der Waals surface area contributed by atoms with E-state index >= 15 is 0 Å². The van der Waals surface area contributed by atoms with Crippen LogP contribution >= 0.6 is 0 Å². The van der Waals surface area contributed by atoms with Crippen LogP contribution in [0.25, 0.3) is 0 Å². The van der Waals surface area contributed by atoms with Gasteiger partial charge in [-0.15, -0.1) is 0 Å². The lowest BCUT2D eigenvalue weighted by atomic mass is 10.0. The molecule has 1 aromatic rings. The molecule has 0 spiro atoms. The van der Waals surface area contributed by atoms with Gasteiger partial charge in [0.05, 0.1) is 5.71 Å². The zero-order chi connectivity index (χ0) is 14.0. The molecule has 1 aromatic carbocycles. The van der Waals surface area contributed by atoms with Crippen molar-refractivity contribution >= 4 is 11.6 Å². The number of carbonyl (C=O) groups is 1. The second-order valence-corrected chi connectivity index (χ2v) is 5.56. The average molecular weight is 264 g/mol. The molecule has 0 aliphatic carbocycles. The number of halogens is 1. The molecule has 0 fully saturated rings. The molecular weight excluding hydrogens is 247 g/mol. The Bertz CT molecular complexity index is 520. The zero-order valence-corrected chi connectivity index (χ0v) is 11.2. The van der Waals surface area contributed by atoms with Gasteiger partial charge in [0.1, 0.15) is 5.82 Å². The number of carbonyl (C=O) groups excluding carboxylic acids is 1. The molecule has 1 atom stereocenters. The molecule has 1 unspecified atom stereocenters. The lowest BCUT2D eigenvalue weighted by molar-refractivity contribution is -0.132. The van der Waals surface area contributed by atoms with Crippen LogP contribution in [-0.2, 0) is 9.63 Å². The molecule has 1 aliphatic rings. The van der Waals surface area contributed by atoms with E-state index in [1.807, 2.05) is 20.8 Å². The Hall–Kier alpha value is -1.91. The van der Waals surface area contributed by atoms with Gasteiger partial charge in [-0.3, -0.25) is 4.79 Å². The van der Waals surface area contributed by atoms with Crippen molar-refractivity contribution in [1.29, 1.82) is 0 Å². The van der Waals surface area contributed by atoms with Crippen LogP contribution in [0.1, 0.15) is 32.8 Å². The lowest BCUT2D eigenvalue weighted by Gasteiger charge is -2.22. The molecule has 0 bridgehead atoms. The van der Waals surface area contributed by atoms with E-state index in [1.54, 1.807) is 18.2 Å². The van der Waals surface area contributed by atoms with Gasteiger partial charge in [-0.05, 0) is 26.8 Å². The van der Waals surface area contributed by atoms with Gasteiger partial charge in [-0.1, -0.05) is 23.4 Å². The Kier molecular flexibility index (Phi) is 3.55. The third-order valence-corrected chi connectivity index (χ3v) is 2.64. The summed E-state index contributed by atoms with van der Waals surface area (Å²) in [4.78, 5) is 17.0. The topological polar surface area (TPSA) is 50.7 Å². The smallest absolute Gasteiger partial charge is 0.264 e.